The van der Waals surface area contributed by atoms with Gasteiger partial charge in [0, 0.05) is 12.8 Å². The number of nitrogens with two attached hydrogens (primary N) is 1. The van der Waals surface area contributed by atoms with Crippen molar-refractivity contribution in [3.63, 3.8) is 0 Å². The molecule has 0 radical (unpaired) electrons. The molecule has 1 aromatic rings. The van der Waals surface area contributed by atoms with E-state index in [2.05, 4.69) is 4.74 Å². The van der Waals surface area contributed by atoms with Crippen LogP contribution in [0.5, 0.6) is 5.75 Å². The summed E-state index contributed by atoms with van der Waals surface area (Å²) >= 11 is 0. The average molecular weight is 197 g/mol. The molecule has 0 aliphatic heterocycles. The molecule has 1 aromatic carbocycles. The van der Waals surface area contributed by atoms with Crippen molar-refractivity contribution in [2.24, 2.45) is 0 Å². The molecule has 0 unspecified atom stereocenters. The maximum atomic E-state index is 10.8. The van der Waals surface area contributed by atoms with E-state index >= 15 is 0 Å². The van der Waals surface area contributed by atoms with Gasteiger partial charge in [-0.1, -0.05) is 6.07 Å². The van der Waals surface area contributed by atoms with Crippen LogP contribution in [-0.4, -0.2) is 25.0 Å². The summed E-state index contributed by atoms with van der Waals surface area (Å²) in [6.45, 7) is -0.0102. The van der Waals surface area contributed by atoms with Gasteiger partial charge < -0.3 is 20.3 Å². The molecule has 0 fully saturated rings. The van der Waals surface area contributed by atoms with Gasteiger partial charge in [0.05, 0.1) is 0 Å². The lowest BCUT2D eigenvalue weighted by Crippen LogP contribution is -2.08. The topological polar surface area (TPSA) is 81.8 Å². The molecule has 76 valence electrons. The molecule has 3 N–H and O–H groups in total. The fraction of sp³-hybridized carbons (Fsp3) is 0.222. The van der Waals surface area contributed by atoms with Crippen molar-refractivity contribution < 1.29 is 19.4 Å². The van der Waals surface area contributed by atoms with Crippen molar-refractivity contribution in [2.45, 2.75) is 0 Å². The maximum absolute atomic E-state index is 10.8. The van der Waals surface area contributed by atoms with Crippen molar-refractivity contribution in [3.8, 4) is 5.75 Å². The molecule has 5 nitrogen and oxygen atoms in total. The number of carbonyl (C=O) groups is 1. The number of hydrogen-bond donors (Lipinski definition) is 2. The number of ether oxygens (including phenoxy) is 2. The lowest BCUT2D eigenvalue weighted by molar-refractivity contribution is 0.0485. The highest BCUT2D eigenvalue weighted by atomic mass is 16.7. The van der Waals surface area contributed by atoms with Crippen LogP contribution in [0.1, 0.15) is 10.4 Å². The Bertz CT molecular complexity index is 338. The third-order valence-corrected chi connectivity index (χ3v) is 1.60. The first-order chi connectivity index (χ1) is 6.66. The number of rotatable bonds is 4. The zero-order valence-electron chi connectivity index (χ0n) is 7.69. The van der Waals surface area contributed by atoms with Crippen LogP contribution < -0.4 is 10.5 Å². The predicted molar refractivity (Wildman–Crippen MR) is 50.3 cm³/mol. The minimum atomic E-state index is -1.12. The minimum Gasteiger partial charge on any atom is -0.477 e. The molecule has 0 spiro atoms. The van der Waals surface area contributed by atoms with E-state index in [1.165, 1.54) is 19.2 Å². The molecule has 1 rings (SSSR count). The van der Waals surface area contributed by atoms with Gasteiger partial charge in [-0.25, -0.2) is 4.79 Å². The molecular weight excluding hydrogens is 186 g/mol. The Hall–Kier alpha value is -1.75. The van der Waals surface area contributed by atoms with E-state index in [1.54, 1.807) is 6.07 Å². The Morgan fingerprint density at radius 3 is 2.86 bits per heavy atom. The summed E-state index contributed by atoms with van der Waals surface area (Å²) in [5.74, 6) is -0.909. The van der Waals surface area contributed by atoms with Crippen LogP contribution >= 0.6 is 0 Å². The summed E-state index contributed by atoms with van der Waals surface area (Å²) in [5.41, 5.74) is 5.63. The molecule has 0 amide bonds. The van der Waals surface area contributed by atoms with E-state index in [-0.39, 0.29) is 23.8 Å². The highest BCUT2D eigenvalue weighted by Crippen LogP contribution is 2.24. The molecule has 0 aromatic heterocycles. The van der Waals surface area contributed by atoms with E-state index in [0.717, 1.165) is 0 Å². The van der Waals surface area contributed by atoms with Crippen LogP contribution in [0.4, 0.5) is 5.69 Å². The quantitative estimate of drug-likeness (QED) is 0.554. The van der Waals surface area contributed by atoms with Gasteiger partial charge >= 0.3 is 5.97 Å². The Labute approximate surface area is 81.0 Å². The van der Waals surface area contributed by atoms with Crippen LogP contribution in [0.2, 0.25) is 0 Å². The third-order valence-electron chi connectivity index (χ3n) is 1.60. The Kier molecular flexibility index (Phi) is 3.30. The zero-order valence-corrected chi connectivity index (χ0v) is 7.69. The number of nitrogen functional groups attached to an aromatic ring is 1. The Morgan fingerprint density at radius 2 is 2.29 bits per heavy atom. The highest BCUT2D eigenvalue weighted by Gasteiger charge is 2.14. The Morgan fingerprint density at radius 1 is 1.57 bits per heavy atom. The summed E-state index contributed by atoms with van der Waals surface area (Å²) in [4.78, 5) is 10.8. The minimum absolute atomic E-state index is 0.0102. The number of aromatic carboxylic acids is 1. The first-order valence-electron chi connectivity index (χ1n) is 3.90. The molecular formula is C9H11NO4. The van der Waals surface area contributed by atoms with Crippen molar-refractivity contribution in [1.82, 2.24) is 0 Å². The maximum Gasteiger partial charge on any atom is 0.341 e. The SMILES string of the molecule is COCOc1cccc(N)c1C(=O)O. The van der Waals surface area contributed by atoms with Gasteiger partial charge in [0.1, 0.15) is 11.3 Å². The molecule has 0 atom stereocenters. The number of benzene rings is 1. The van der Waals surface area contributed by atoms with E-state index in [9.17, 15) is 4.79 Å². The molecule has 0 aliphatic rings. The van der Waals surface area contributed by atoms with Crippen LogP contribution in [0.3, 0.4) is 0 Å². The fourth-order valence-electron chi connectivity index (χ4n) is 1.02. The second-order valence-corrected chi connectivity index (χ2v) is 2.58. The van der Waals surface area contributed by atoms with E-state index in [0.29, 0.717) is 0 Å². The van der Waals surface area contributed by atoms with E-state index in [1.807, 2.05) is 0 Å². The third kappa shape index (κ3) is 2.14. The smallest absolute Gasteiger partial charge is 0.341 e. The van der Waals surface area contributed by atoms with Gasteiger partial charge in [-0.05, 0) is 12.1 Å². The molecule has 0 saturated heterocycles. The highest BCUT2D eigenvalue weighted by molar-refractivity contribution is 5.96. The number of carboxylic acid groups (broad SMARTS) is 1. The lowest BCUT2D eigenvalue weighted by Gasteiger charge is -2.09. The molecule has 0 aliphatic carbocycles. The molecule has 0 heterocycles. The number of carboxylic acids is 1. The molecule has 0 bridgehead atoms. The second-order valence-electron chi connectivity index (χ2n) is 2.58. The Balaban J connectivity index is 3.02. The monoisotopic (exact) mass is 197 g/mol. The van der Waals surface area contributed by atoms with Gasteiger partial charge in [0.15, 0.2) is 6.79 Å². The van der Waals surface area contributed by atoms with Crippen molar-refractivity contribution in [3.05, 3.63) is 23.8 Å². The fourth-order valence-corrected chi connectivity index (χ4v) is 1.02. The van der Waals surface area contributed by atoms with Gasteiger partial charge in [0.2, 0.25) is 0 Å². The van der Waals surface area contributed by atoms with Gasteiger partial charge in [-0.2, -0.15) is 0 Å². The van der Waals surface area contributed by atoms with E-state index in [4.69, 9.17) is 15.6 Å². The normalized spacial score (nSPS) is 9.79. The average Bonchev–Trinajstić information content (AvgIpc) is 2.14. The predicted octanol–water partition coefficient (Wildman–Crippen LogP) is 0.950. The van der Waals surface area contributed by atoms with Crippen molar-refractivity contribution in [2.75, 3.05) is 19.6 Å². The zero-order chi connectivity index (χ0) is 10.6. The summed E-state index contributed by atoms with van der Waals surface area (Å²) in [5, 5.41) is 8.85. The summed E-state index contributed by atoms with van der Waals surface area (Å²) < 4.78 is 9.71. The molecule has 5 heteroatoms. The van der Waals surface area contributed by atoms with Crippen LogP contribution in [0.25, 0.3) is 0 Å². The number of methoxy groups -OCH3 is 1. The van der Waals surface area contributed by atoms with Crippen LogP contribution in [0.15, 0.2) is 18.2 Å². The summed E-state index contributed by atoms with van der Waals surface area (Å²) in [6, 6.07) is 4.65. The largest absolute Gasteiger partial charge is 0.477 e. The van der Waals surface area contributed by atoms with Crippen LogP contribution in [-0.2, 0) is 4.74 Å². The van der Waals surface area contributed by atoms with Crippen molar-refractivity contribution in [1.29, 1.82) is 0 Å². The van der Waals surface area contributed by atoms with Crippen molar-refractivity contribution >= 4 is 11.7 Å². The van der Waals surface area contributed by atoms with Crippen LogP contribution in [0, 0.1) is 0 Å². The first kappa shape index (κ1) is 10.3. The summed E-state index contributed by atoms with van der Waals surface area (Å²) in [7, 11) is 1.45. The van der Waals surface area contributed by atoms with Gasteiger partial charge in [-0.15, -0.1) is 0 Å². The molecule has 0 saturated carbocycles. The van der Waals surface area contributed by atoms with Gasteiger partial charge in [-0.3, -0.25) is 0 Å². The number of anilines is 1. The number of hydrogen-bond acceptors (Lipinski definition) is 4. The second kappa shape index (κ2) is 4.48. The van der Waals surface area contributed by atoms with Gasteiger partial charge in [0.25, 0.3) is 0 Å². The first-order valence-corrected chi connectivity index (χ1v) is 3.90. The standard InChI is InChI=1S/C9H11NO4/c1-13-5-14-7-4-2-3-6(10)8(7)9(11)12/h2-4H,5,10H2,1H3,(H,11,12). The molecule has 14 heavy (non-hydrogen) atoms. The van der Waals surface area contributed by atoms with E-state index < -0.39 is 5.97 Å². The summed E-state index contributed by atoms with van der Waals surface area (Å²) in [6.07, 6.45) is 0. The lowest BCUT2D eigenvalue weighted by atomic mass is 10.1.